The summed E-state index contributed by atoms with van der Waals surface area (Å²) in [6.45, 7) is 0. The molecule has 1 saturated carbocycles. The first-order chi connectivity index (χ1) is 15.4. The first kappa shape index (κ1) is 21.7. The van der Waals surface area contributed by atoms with E-state index in [1.54, 1.807) is 16.5 Å². The van der Waals surface area contributed by atoms with E-state index in [1.807, 2.05) is 6.07 Å². The molecule has 4 rings (SSSR count). The number of nitrogens with zero attached hydrogens (tertiary/aromatic N) is 3. The zero-order chi connectivity index (χ0) is 22.7. The standard InChI is InChI=1S/C22H23F3N6O/c23-13-8-9-27-16(10-13)11-17(26)22(32)29-15-6-4-14(5-7-15)28-19-2-1-3-20-30-18(21(24)25)12-31(19)20/h1-3,8-12,14-15,21,28H,4-7,26H2,(H,29,32)/b17-11-. The molecule has 1 aliphatic rings. The lowest BCUT2D eigenvalue weighted by Crippen LogP contribution is -2.41. The maximum atomic E-state index is 13.3. The molecule has 0 radical (unpaired) electrons. The zero-order valence-electron chi connectivity index (χ0n) is 17.1. The van der Waals surface area contributed by atoms with Crippen LogP contribution in [-0.2, 0) is 4.79 Å². The maximum Gasteiger partial charge on any atom is 0.281 e. The van der Waals surface area contributed by atoms with Gasteiger partial charge in [0.25, 0.3) is 12.3 Å². The molecular formula is C22H23F3N6O. The fourth-order valence-electron chi connectivity index (χ4n) is 3.84. The van der Waals surface area contributed by atoms with Crippen molar-refractivity contribution >= 4 is 23.4 Å². The van der Waals surface area contributed by atoms with Crippen molar-refractivity contribution in [3.8, 4) is 0 Å². The Balaban J connectivity index is 1.33. The third-order valence-electron chi connectivity index (χ3n) is 5.46. The Morgan fingerprint density at radius 2 is 1.94 bits per heavy atom. The minimum atomic E-state index is -2.63. The molecule has 0 atom stereocenters. The van der Waals surface area contributed by atoms with Gasteiger partial charge in [0.15, 0.2) is 0 Å². The summed E-state index contributed by atoms with van der Waals surface area (Å²) in [5.74, 6) is -0.179. The Labute approximate surface area is 182 Å². The lowest BCUT2D eigenvalue weighted by atomic mass is 9.91. The quantitative estimate of drug-likeness (QED) is 0.505. The van der Waals surface area contributed by atoms with Crippen molar-refractivity contribution in [1.82, 2.24) is 19.7 Å². The third kappa shape index (κ3) is 5.01. The van der Waals surface area contributed by atoms with Gasteiger partial charge in [-0.2, -0.15) is 0 Å². The SMILES string of the molecule is N/C(=C\c1cc(F)ccn1)C(=O)NC1CCC(Nc2cccc3nc(C(F)F)cn23)CC1. The number of alkyl halides is 2. The molecule has 1 fully saturated rings. The van der Waals surface area contributed by atoms with E-state index < -0.39 is 18.1 Å². The number of pyridine rings is 2. The molecule has 7 nitrogen and oxygen atoms in total. The number of carbonyl (C=O) groups excluding carboxylic acids is 1. The molecule has 3 aromatic heterocycles. The molecule has 0 bridgehead atoms. The molecule has 32 heavy (non-hydrogen) atoms. The van der Waals surface area contributed by atoms with Crippen LogP contribution in [0.5, 0.6) is 0 Å². The van der Waals surface area contributed by atoms with Gasteiger partial charge in [0.1, 0.15) is 23.0 Å². The highest BCUT2D eigenvalue weighted by molar-refractivity contribution is 5.96. The van der Waals surface area contributed by atoms with Crippen LogP contribution in [0.1, 0.15) is 43.5 Å². The predicted molar refractivity (Wildman–Crippen MR) is 114 cm³/mol. The molecule has 1 amide bonds. The Bertz CT molecular complexity index is 1140. The Hall–Kier alpha value is -3.56. The van der Waals surface area contributed by atoms with Gasteiger partial charge < -0.3 is 16.4 Å². The molecule has 0 unspecified atom stereocenters. The van der Waals surface area contributed by atoms with Crippen LogP contribution in [0.25, 0.3) is 11.7 Å². The van der Waals surface area contributed by atoms with Gasteiger partial charge in [0.05, 0.1) is 11.4 Å². The lowest BCUT2D eigenvalue weighted by Gasteiger charge is -2.30. The molecule has 4 N–H and O–H groups in total. The maximum absolute atomic E-state index is 13.3. The zero-order valence-corrected chi connectivity index (χ0v) is 17.1. The fraction of sp³-hybridized carbons (Fsp3) is 0.318. The van der Waals surface area contributed by atoms with Gasteiger partial charge in [0, 0.05) is 24.5 Å². The minimum Gasteiger partial charge on any atom is -0.394 e. The molecule has 3 aromatic rings. The number of hydrogen-bond donors (Lipinski definition) is 3. The second-order valence-electron chi connectivity index (χ2n) is 7.77. The average molecular weight is 444 g/mol. The molecule has 0 saturated heterocycles. The second kappa shape index (κ2) is 9.29. The molecule has 168 valence electrons. The lowest BCUT2D eigenvalue weighted by molar-refractivity contribution is -0.118. The Kier molecular flexibility index (Phi) is 6.29. The van der Waals surface area contributed by atoms with Crippen LogP contribution in [0.15, 0.2) is 48.4 Å². The van der Waals surface area contributed by atoms with Crippen LogP contribution in [0.2, 0.25) is 0 Å². The number of amides is 1. The molecular weight excluding hydrogens is 421 g/mol. The monoisotopic (exact) mass is 444 g/mol. The number of imidazole rings is 1. The second-order valence-corrected chi connectivity index (χ2v) is 7.77. The fourth-order valence-corrected chi connectivity index (χ4v) is 3.84. The highest BCUT2D eigenvalue weighted by Crippen LogP contribution is 2.25. The summed E-state index contributed by atoms with van der Waals surface area (Å²) < 4.78 is 40.8. The third-order valence-corrected chi connectivity index (χ3v) is 5.46. The van der Waals surface area contributed by atoms with Crippen LogP contribution in [-0.4, -0.2) is 32.4 Å². The van der Waals surface area contributed by atoms with Crippen molar-refractivity contribution in [1.29, 1.82) is 0 Å². The number of carbonyl (C=O) groups is 1. The van der Waals surface area contributed by atoms with Gasteiger partial charge in [-0.3, -0.25) is 14.2 Å². The molecule has 0 aromatic carbocycles. The summed E-state index contributed by atoms with van der Waals surface area (Å²) in [6.07, 6.45) is 4.40. The summed E-state index contributed by atoms with van der Waals surface area (Å²) in [4.78, 5) is 20.3. The molecule has 0 spiro atoms. The normalized spacial score (nSPS) is 19.3. The minimum absolute atomic E-state index is 0.0371. The van der Waals surface area contributed by atoms with Crippen molar-refractivity contribution in [2.75, 3.05) is 5.32 Å². The summed E-state index contributed by atoms with van der Waals surface area (Å²) >= 11 is 0. The van der Waals surface area contributed by atoms with Crippen LogP contribution in [0.4, 0.5) is 19.0 Å². The first-order valence-corrected chi connectivity index (χ1v) is 10.3. The van der Waals surface area contributed by atoms with Crippen LogP contribution < -0.4 is 16.4 Å². The number of fused-ring (bicyclic) bond motifs is 1. The van der Waals surface area contributed by atoms with Gasteiger partial charge in [-0.1, -0.05) is 6.07 Å². The number of anilines is 1. The van der Waals surface area contributed by atoms with Gasteiger partial charge in [0.2, 0.25) is 0 Å². The van der Waals surface area contributed by atoms with Gasteiger partial charge in [-0.15, -0.1) is 0 Å². The average Bonchev–Trinajstić information content (AvgIpc) is 3.21. The van der Waals surface area contributed by atoms with Gasteiger partial charge in [-0.05, 0) is 56.0 Å². The van der Waals surface area contributed by atoms with E-state index in [4.69, 9.17) is 5.73 Å². The highest BCUT2D eigenvalue weighted by Gasteiger charge is 2.24. The van der Waals surface area contributed by atoms with E-state index in [1.165, 1.54) is 30.6 Å². The van der Waals surface area contributed by atoms with Crippen LogP contribution in [0.3, 0.4) is 0 Å². The van der Waals surface area contributed by atoms with Crippen molar-refractivity contribution < 1.29 is 18.0 Å². The first-order valence-electron chi connectivity index (χ1n) is 10.3. The smallest absolute Gasteiger partial charge is 0.281 e. The number of hydrogen-bond acceptors (Lipinski definition) is 5. The van der Waals surface area contributed by atoms with E-state index in [2.05, 4.69) is 20.6 Å². The molecule has 0 aliphatic heterocycles. The van der Waals surface area contributed by atoms with Crippen LogP contribution >= 0.6 is 0 Å². The van der Waals surface area contributed by atoms with E-state index in [0.29, 0.717) is 11.5 Å². The predicted octanol–water partition coefficient (Wildman–Crippen LogP) is 3.65. The molecule has 10 heteroatoms. The highest BCUT2D eigenvalue weighted by atomic mass is 19.3. The largest absolute Gasteiger partial charge is 0.394 e. The van der Waals surface area contributed by atoms with E-state index in [9.17, 15) is 18.0 Å². The Morgan fingerprint density at radius 3 is 2.66 bits per heavy atom. The number of halogens is 3. The number of rotatable bonds is 6. The Morgan fingerprint density at radius 1 is 1.19 bits per heavy atom. The van der Waals surface area contributed by atoms with Gasteiger partial charge >= 0.3 is 0 Å². The summed E-state index contributed by atoms with van der Waals surface area (Å²) in [6, 6.07) is 7.78. The molecule has 3 heterocycles. The number of nitrogens with two attached hydrogens (primary N) is 1. The van der Waals surface area contributed by atoms with Crippen molar-refractivity contribution in [2.24, 2.45) is 5.73 Å². The van der Waals surface area contributed by atoms with Crippen molar-refractivity contribution in [3.63, 3.8) is 0 Å². The summed E-state index contributed by atoms with van der Waals surface area (Å²) in [5, 5.41) is 6.30. The topological polar surface area (TPSA) is 97.3 Å². The van der Waals surface area contributed by atoms with Crippen molar-refractivity contribution in [2.45, 2.75) is 44.2 Å². The molecule has 1 aliphatic carbocycles. The van der Waals surface area contributed by atoms with Crippen LogP contribution in [0, 0.1) is 5.82 Å². The van der Waals surface area contributed by atoms with Crippen molar-refractivity contribution in [3.05, 3.63) is 65.6 Å². The summed E-state index contributed by atoms with van der Waals surface area (Å²) in [5.41, 5.74) is 6.27. The van der Waals surface area contributed by atoms with E-state index in [0.717, 1.165) is 25.7 Å². The number of aromatic nitrogens is 3. The summed E-state index contributed by atoms with van der Waals surface area (Å²) in [7, 11) is 0. The van der Waals surface area contributed by atoms with Gasteiger partial charge in [-0.25, -0.2) is 18.2 Å². The van der Waals surface area contributed by atoms with E-state index in [-0.39, 0.29) is 29.2 Å². The number of nitrogens with one attached hydrogen (secondary N) is 2. The van der Waals surface area contributed by atoms with E-state index >= 15 is 0 Å².